The number of thiophene rings is 1. The molecule has 0 spiro atoms. The highest BCUT2D eigenvalue weighted by Gasteiger charge is 2.24. The summed E-state index contributed by atoms with van der Waals surface area (Å²) in [4.78, 5) is 35.3. The Balaban J connectivity index is 1.52. The lowest BCUT2D eigenvalue weighted by atomic mass is 10.1. The van der Waals surface area contributed by atoms with E-state index in [0.29, 0.717) is 17.7 Å². The molecule has 5 nitrogen and oxygen atoms in total. The second-order valence-corrected chi connectivity index (χ2v) is 7.36. The van der Waals surface area contributed by atoms with Crippen molar-refractivity contribution in [3.05, 3.63) is 47.1 Å². The maximum atomic E-state index is 12.5. The summed E-state index contributed by atoms with van der Waals surface area (Å²) < 4.78 is 0. The summed E-state index contributed by atoms with van der Waals surface area (Å²) in [5, 5.41) is 3.78. The van der Waals surface area contributed by atoms with Crippen molar-refractivity contribution in [1.29, 1.82) is 0 Å². The van der Waals surface area contributed by atoms with E-state index in [1.807, 2.05) is 23.6 Å². The minimum atomic E-state index is 0.0341. The Bertz CT molecular complexity index is 967. The number of amides is 1. The van der Waals surface area contributed by atoms with E-state index < -0.39 is 0 Å². The van der Waals surface area contributed by atoms with Gasteiger partial charge in [0.25, 0.3) is 0 Å². The molecule has 0 atom stereocenters. The van der Waals surface area contributed by atoms with E-state index in [4.69, 9.17) is 0 Å². The number of fused-ring (bicyclic) bond motifs is 2. The first-order valence-corrected chi connectivity index (χ1v) is 9.23. The molecule has 7 heteroatoms. The van der Waals surface area contributed by atoms with E-state index >= 15 is 0 Å². The van der Waals surface area contributed by atoms with Crippen LogP contribution in [0.15, 0.2) is 41.0 Å². The number of carbonyl (C=O) groups excluding carboxylic acids is 2. The molecule has 0 fully saturated rings. The zero-order chi connectivity index (χ0) is 16.7. The fourth-order valence-electron chi connectivity index (χ4n) is 2.74. The van der Waals surface area contributed by atoms with Crippen LogP contribution < -0.4 is 4.90 Å². The molecule has 0 bridgehead atoms. The SMILES string of the molecule is CN1C(=O)Cc2cc(C(=O)CSc3ncnc4sccc34)ccc21. The van der Waals surface area contributed by atoms with Gasteiger partial charge in [-0.15, -0.1) is 11.3 Å². The van der Waals surface area contributed by atoms with Gasteiger partial charge in [-0.1, -0.05) is 11.8 Å². The normalized spacial score (nSPS) is 13.5. The Morgan fingerprint density at radius 1 is 1.33 bits per heavy atom. The van der Waals surface area contributed by atoms with Crippen LogP contribution in [0.3, 0.4) is 0 Å². The zero-order valence-electron chi connectivity index (χ0n) is 12.9. The average molecular weight is 355 g/mol. The van der Waals surface area contributed by atoms with Crippen molar-refractivity contribution < 1.29 is 9.59 Å². The molecule has 0 unspecified atom stereocenters. The van der Waals surface area contributed by atoms with E-state index in [1.165, 1.54) is 18.1 Å². The Labute approximate surface area is 146 Å². The number of benzene rings is 1. The molecule has 3 aromatic rings. The number of ketones is 1. The number of anilines is 1. The predicted molar refractivity (Wildman–Crippen MR) is 96.0 cm³/mol. The van der Waals surface area contributed by atoms with Crippen LogP contribution in [0.1, 0.15) is 15.9 Å². The molecule has 24 heavy (non-hydrogen) atoms. The van der Waals surface area contributed by atoms with E-state index in [2.05, 4.69) is 9.97 Å². The summed E-state index contributed by atoms with van der Waals surface area (Å²) in [6.07, 6.45) is 1.89. The number of hydrogen-bond donors (Lipinski definition) is 0. The minimum Gasteiger partial charge on any atom is -0.315 e. The third-order valence-corrected chi connectivity index (χ3v) is 5.87. The number of hydrogen-bond acceptors (Lipinski definition) is 6. The average Bonchev–Trinajstić information content (AvgIpc) is 3.17. The van der Waals surface area contributed by atoms with Crippen LogP contribution >= 0.6 is 23.1 Å². The Morgan fingerprint density at radius 2 is 2.21 bits per heavy atom. The van der Waals surface area contributed by atoms with Gasteiger partial charge in [0.05, 0.1) is 12.2 Å². The van der Waals surface area contributed by atoms with Crippen LogP contribution in [0.5, 0.6) is 0 Å². The Morgan fingerprint density at radius 3 is 3.08 bits per heavy atom. The Kier molecular flexibility index (Phi) is 3.82. The second kappa shape index (κ2) is 5.99. The molecule has 4 rings (SSSR count). The van der Waals surface area contributed by atoms with Crippen molar-refractivity contribution in [2.75, 3.05) is 17.7 Å². The number of Topliss-reactive ketones (excluding diaryl/α,β-unsaturated/α-hetero) is 1. The zero-order valence-corrected chi connectivity index (χ0v) is 14.5. The summed E-state index contributed by atoms with van der Waals surface area (Å²) in [6.45, 7) is 0. The summed E-state index contributed by atoms with van der Waals surface area (Å²) in [5.74, 6) is 0.404. The van der Waals surface area contributed by atoms with Gasteiger partial charge in [-0.05, 0) is 35.2 Å². The monoisotopic (exact) mass is 355 g/mol. The summed E-state index contributed by atoms with van der Waals surface area (Å²) in [6, 6.07) is 7.44. The number of carbonyl (C=O) groups is 2. The third-order valence-electron chi connectivity index (χ3n) is 4.04. The maximum absolute atomic E-state index is 12.5. The lowest BCUT2D eigenvalue weighted by molar-refractivity contribution is -0.117. The largest absolute Gasteiger partial charge is 0.315 e. The number of nitrogens with zero attached hydrogens (tertiary/aromatic N) is 3. The van der Waals surface area contributed by atoms with Crippen LogP contribution in [0.4, 0.5) is 5.69 Å². The topological polar surface area (TPSA) is 63.2 Å². The van der Waals surface area contributed by atoms with Gasteiger partial charge >= 0.3 is 0 Å². The maximum Gasteiger partial charge on any atom is 0.231 e. The van der Waals surface area contributed by atoms with Crippen LogP contribution in [0.2, 0.25) is 0 Å². The van der Waals surface area contributed by atoms with Gasteiger partial charge in [0.15, 0.2) is 5.78 Å². The molecule has 120 valence electrons. The first-order valence-electron chi connectivity index (χ1n) is 7.37. The fourth-order valence-corrected chi connectivity index (χ4v) is 4.42. The molecule has 0 aliphatic carbocycles. The van der Waals surface area contributed by atoms with Gasteiger partial charge in [-0.3, -0.25) is 9.59 Å². The molecular weight excluding hydrogens is 342 g/mol. The molecule has 3 heterocycles. The van der Waals surface area contributed by atoms with Crippen LogP contribution in [0.25, 0.3) is 10.2 Å². The molecule has 1 aliphatic rings. The molecule has 0 saturated heterocycles. The standard InChI is InChI=1S/C17H13N3O2S2/c1-20-13-3-2-10(6-11(13)7-15(20)22)14(21)8-24-17-12-4-5-23-16(12)18-9-19-17/h2-6,9H,7-8H2,1H3. The number of aromatic nitrogens is 2. The molecule has 0 N–H and O–H groups in total. The predicted octanol–water partition coefficient (Wildman–Crippen LogP) is 3.19. The van der Waals surface area contributed by atoms with Gasteiger partial charge < -0.3 is 4.90 Å². The Hall–Kier alpha value is -2.25. The van der Waals surface area contributed by atoms with E-state index in [1.54, 1.807) is 29.4 Å². The lowest BCUT2D eigenvalue weighted by Gasteiger charge is -2.10. The number of thioether (sulfide) groups is 1. The van der Waals surface area contributed by atoms with Gasteiger partial charge in [0.2, 0.25) is 5.91 Å². The summed E-state index contributed by atoms with van der Waals surface area (Å²) >= 11 is 2.98. The molecule has 0 radical (unpaired) electrons. The lowest BCUT2D eigenvalue weighted by Crippen LogP contribution is -2.20. The molecular formula is C17H13N3O2S2. The van der Waals surface area contributed by atoms with Crippen molar-refractivity contribution >= 4 is 50.7 Å². The second-order valence-electron chi connectivity index (χ2n) is 5.50. The van der Waals surface area contributed by atoms with E-state index in [0.717, 1.165) is 26.5 Å². The fraction of sp³-hybridized carbons (Fsp3) is 0.176. The molecule has 2 aromatic heterocycles. The van der Waals surface area contributed by atoms with Crippen molar-refractivity contribution in [2.45, 2.75) is 11.4 Å². The summed E-state index contributed by atoms with van der Waals surface area (Å²) in [5.41, 5.74) is 2.44. The van der Waals surface area contributed by atoms with Crippen LogP contribution in [-0.2, 0) is 11.2 Å². The molecule has 1 amide bonds. The molecule has 1 aromatic carbocycles. The highest BCUT2D eigenvalue weighted by molar-refractivity contribution is 8.00. The van der Waals surface area contributed by atoms with Gasteiger partial charge in [-0.2, -0.15) is 0 Å². The minimum absolute atomic E-state index is 0.0341. The third kappa shape index (κ3) is 2.59. The number of likely N-dealkylation sites (N-methyl/N-ethyl adjacent to an activating group) is 1. The van der Waals surface area contributed by atoms with Crippen molar-refractivity contribution in [3.63, 3.8) is 0 Å². The van der Waals surface area contributed by atoms with E-state index in [9.17, 15) is 9.59 Å². The summed E-state index contributed by atoms with van der Waals surface area (Å²) in [7, 11) is 1.76. The van der Waals surface area contributed by atoms with E-state index in [-0.39, 0.29) is 11.7 Å². The number of rotatable bonds is 4. The highest BCUT2D eigenvalue weighted by atomic mass is 32.2. The van der Waals surface area contributed by atoms with Crippen LogP contribution in [-0.4, -0.2) is 34.5 Å². The van der Waals surface area contributed by atoms with Gasteiger partial charge in [-0.25, -0.2) is 9.97 Å². The first kappa shape index (κ1) is 15.3. The van der Waals surface area contributed by atoms with Crippen molar-refractivity contribution in [3.8, 4) is 0 Å². The van der Waals surface area contributed by atoms with Crippen molar-refractivity contribution in [2.24, 2.45) is 0 Å². The van der Waals surface area contributed by atoms with Crippen molar-refractivity contribution in [1.82, 2.24) is 9.97 Å². The van der Waals surface area contributed by atoms with Gasteiger partial charge in [0.1, 0.15) is 16.2 Å². The van der Waals surface area contributed by atoms with Crippen LogP contribution in [0, 0.1) is 0 Å². The molecule has 1 aliphatic heterocycles. The van der Waals surface area contributed by atoms with Gasteiger partial charge in [0, 0.05) is 23.7 Å². The first-order chi connectivity index (χ1) is 11.6. The quantitative estimate of drug-likeness (QED) is 0.409. The highest BCUT2D eigenvalue weighted by Crippen LogP contribution is 2.30. The molecule has 0 saturated carbocycles. The smallest absolute Gasteiger partial charge is 0.231 e.